The molecular weight excluding hydrogens is 393 g/mol. The van der Waals surface area contributed by atoms with Crippen LogP contribution in [0.25, 0.3) is 10.2 Å². The van der Waals surface area contributed by atoms with Crippen molar-refractivity contribution in [3.63, 3.8) is 0 Å². The summed E-state index contributed by atoms with van der Waals surface area (Å²) in [5.41, 5.74) is 1.39. The third-order valence-corrected chi connectivity index (χ3v) is 5.95. The van der Waals surface area contributed by atoms with Crippen LogP contribution in [0.5, 0.6) is 5.75 Å². The summed E-state index contributed by atoms with van der Waals surface area (Å²) in [7, 11) is 1.64. The van der Waals surface area contributed by atoms with E-state index in [0.717, 1.165) is 21.1 Å². The lowest BCUT2D eigenvalue weighted by atomic mass is 10.00. The number of ether oxygens (including phenoxy) is 1. The molecule has 1 fully saturated rings. The Morgan fingerprint density at radius 1 is 1.31 bits per heavy atom. The van der Waals surface area contributed by atoms with Crippen LogP contribution in [0.1, 0.15) is 0 Å². The summed E-state index contributed by atoms with van der Waals surface area (Å²) in [5, 5.41) is 4.75. The van der Waals surface area contributed by atoms with Crippen LogP contribution < -0.4 is 15.0 Å². The molecule has 134 valence electrons. The molecule has 0 atom stereocenters. The number of rotatable bonds is 4. The largest absolute Gasteiger partial charge is 0.494 e. The predicted molar refractivity (Wildman–Crippen MR) is 107 cm³/mol. The van der Waals surface area contributed by atoms with Gasteiger partial charge in [0.1, 0.15) is 11.3 Å². The molecule has 2 heterocycles. The number of hydrogen-bond donors (Lipinski definition) is 1. The van der Waals surface area contributed by atoms with Crippen molar-refractivity contribution < 1.29 is 9.53 Å². The van der Waals surface area contributed by atoms with E-state index in [1.807, 2.05) is 18.2 Å². The smallest absolute Gasteiger partial charge is 0.231 e. The summed E-state index contributed by atoms with van der Waals surface area (Å²) >= 11 is 13.7. The molecule has 0 unspecified atom stereocenters. The van der Waals surface area contributed by atoms with E-state index in [-0.39, 0.29) is 11.8 Å². The van der Waals surface area contributed by atoms with Crippen LogP contribution in [0.4, 0.5) is 10.8 Å². The van der Waals surface area contributed by atoms with Gasteiger partial charge in [-0.15, -0.1) is 0 Å². The third kappa shape index (κ3) is 3.20. The summed E-state index contributed by atoms with van der Waals surface area (Å²) in [4.78, 5) is 19.2. The second kappa shape index (κ2) is 6.95. The van der Waals surface area contributed by atoms with Crippen LogP contribution in [-0.2, 0) is 4.79 Å². The fourth-order valence-electron chi connectivity index (χ4n) is 2.84. The predicted octanol–water partition coefficient (Wildman–Crippen LogP) is 4.69. The standard InChI is InChI=1S/C18H15Cl2N3O2S/c1-25-14-3-2-4-15-16(14)22-18(26-15)23-8-10(9-23)17(24)21-13-7-11(19)5-6-12(13)20/h2-7,10H,8-9H2,1H3,(H,21,24). The van der Waals surface area contributed by atoms with Crippen molar-refractivity contribution in [1.29, 1.82) is 0 Å². The number of anilines is 2. The molecule has 1 N–H and O–H groups in total. The summed E-state index contributed by atoms with van der Waals surface area (Å²) < 4.78 is 6.42. The molecule has 0 spiro atoms. The van der Waals surface area contributed by atoms with Gasteiger partial charge in [-0.3, -0.25) is 4.79 Å². The maximum Gasteiger partial charge on any atom is 0.231 e. The van der Waals surface area contributed by atoms with Crippen molar-refractivity contribution in [3.8, 4) is 5.75 Å². The van der Waals surface area contributed by atoms with Crippen LogP contribution in [-0.4, -0.2) is 31.1 Å². The van der Waals surface area contributed by atoms with Crippen molar-refractivity contribution in [3.05, 3.63) is 46.4 Å². The summed E-state index contributed by atoms with van der Waals surface area (Å²) in [6, 6.07) is 10.9. The highest BCUT2D eigenvalue weighted by Gasteiger charge is 2.34. The zero-order valence-electron chi connectivity index (χ0n) is 13.8. The molecule has 8 heteroatoms. The van der Waals surface area contributed by atoms with E-state index < -0.39 is 0 Å². The minimum absolute atomic E-state index is 0.0656. The summed E-state index contributed by atoms with van der Waals surface area (Å²) in [6.45, 7) is 1.23. The molecule has 1 amide bonds. The zero-order valence-corrected chi connectivity index (χ0v) is 16.2. The van der Waals surface area contributed by atoms with E-state index in [0.29, 0.717) is 28.8 Å². The quantitative estimate of drug-likeness (QED) is 0.681. The third-order valence-electron chi connectivity index (χ3n) is 4.30. The Hall–Kier alpha value is -2.02. The van der Waals surface area contributed by atoms with Gasteiger partial charge in [0, 0.05) is 18.1 Å². The average molecular weight is 408 g/mol. The molecule has 0 radical (unpaired) electrons. The van der Waals surface area contributed by atoms with E-state index >= 15 is 0 Å². The fraction of sp³-hybridized carbons (Fsp3) is 0.222. The molecule has 0 bridgehead atoms. The Kier molecular flexibility index (Phi) is 4.65. The van der Waals surface area contributed by atoms with Crippen LogP contribution in [0.15, 0.2) is 36.4 Å². The Morgan fingerprint density at radius 2 is 2.12 bits per heavy atom. The highest BCUT2D eigenvalue weighted by Crippen LogP contribution is 2.37. The zero-order chi connectivity index (χ0) is 18.3. The highest BCUT2D eigenvalue weighted by atomic mass is 35.5. The van der Waals surface area contributed by atoms with Gasteiger partial charge < -0.3 is 15.0 Å². The number of amides is 1. The lowest BCUT2D eigenvalue weighted by Gasteiger charge is -2.38. The number of nitrogens with one attached hydrogen (secondary N) is 1. The van der Waals surface area contributed by atoms with Crippen LogP contribution in [0, 0.1) is 5.92 Å². The Balaban J connectivity index is 1.43. The first-order valence-electron chi connectivity index (χ1n) is 7.99. The minimum atomic E-state index is -0.112. The van der Waals surface area contributed by atoms with Gasteiger partial charge in [-0.1, -0.05) is 40.6 Å². The number of fused-ring (bicyclic) bond motifs is 1. The Labute approximate surface area is 164 Å². The molecule has 1 saturated heterocycles. The first-order valence-corrected chi connectivity index (χ1v) is 9.57. The number of thiazole rings is 1. The Morgan fingerprint density at radius 3 is 2.88 bits per heavy atom. The molecule has 4 rings (SSSR count). The maximum absolute atomic E-state index is 12.4. The number of para-hydroxylation sites is 1. The number of carbonyl (C=O) groups excluding carboxylic acids is 1. The van der Waals surface area contributed by atoms with Gasteiger partial charge >= 0.3 is 0 Å². The molecule has 2 aromatic carbocycles. The lowest BCUT2D eigenvalue weighted by molar-refractivity contribution is -0.120. The highest BCUT2D eigenvalue weighted by molar-refractivity contribution is 7.22. The molecular formula is C18H15Cl2N3O2S. The maximum atomic E-state index is 12.4. The second-order valence-corrected chi connectivity index (χ2v) is 7.87. The van der Waals surface area contributed by atoms with Crippen molar-refractivity contribution in [2.24, 2.45) is 5.92 Å². The van der Waals surface area contributed by atoms with Gasteiger partial charge in [-0.2, -0.15) is 0 Å². The molecule has 1 aliphatic heterocycles. The van der Waals surface area contributed by atoms with Gasteiger partial charge in [-0.05, 0) is 30.3 Å². The second-order valence-electron chi connectivity index (χ2n) is 6.02. The first-order chi connectivity index (χ1) is 12.5. The van der Waals surface area contributed by atoms with Gasteiger partial charge in [-0.25, -0.2) is 4.98 Å². The van der Waals surface area contributed by atoms with Crippen molar-refractivity contribution in [2.75, 3.05) is 30.4 Å². The SMILES string of the molecule is COc1cccc2sc(N3CC(C(=O)Nc4cc(Cl)ccc4Cl)C3)nc12. The van der Waals surface area contributed by atoms with Crippen molar-refractivity contribution >= 4 is 61.5 Å². The number of halogens is 2. The average Bonchev–Trinajstić information content (AvgIpc) is 3.00. The fourth-order valence-corrected chi connectivity index (χ4v) is 4.18. The van der Waals surface area contributed by atoms with Crippen molar-refractivity contribution in [2.45, 2.75) is 0 Å². The number of aromatic nitrogens is 1. The topological polar surface area (TPSA) is 54.5 Å². The number of hydrogen-bond acceptors (Lipinski definition) is 5. The van der Waals surface area contributed by atoms with E-state index in [1.54, 1.807) is 36.6 Å². The Bertz CT molecular complexity index is 986. The molecule has 0 aliphatic carbocycles. The molecule has 1 aliphatic rings. The number of nitrogens with zero attached hydrogens (tertiary/aromatic N) is 2. The van der Waals surface area contributed by atoms with Gasteiger partial charge in [0.05, 0.1) is 28.4 Å². The molecule has 0 saturated carbocycles. The molecule has 1 aromatic heterocycles. The van der Waals surface area contributed by atoms with E-state index in [4.69, 9.17) is 27.9 Å². The minimum Gasteiger partial charge on any atom is -0.494 e. The normalized spacial score (nSPS) is 14.3. The van der Waals surface area contributed by atoms with Crippen LogP contribution in [0.2, 0.25) is 10.0 Å². The van der Waals surface area contributed by atoms with E-state index in [2.05, 4.69) is 15.2 Å². The monoisotopic (exact) mass is 407 g/mol. The van der Waals surface area contributed by atoms with Crippen LogP contribution in [0.3, 0.4) is 0 Å². The van der Waals surface area contributed by atoms with Crippen LogP contribution >= 0.6 is 34.5 Å². The van der Waals surface area contributed by atoms with Gasteiger partial charge in [0.15, 0.2) is 5.13 Å². The number of carbonyl (C=O) groups is 1. The van der Waals surface area contributed by atoms with E-state index in [1.165, 1.54) is 0 Å². The molecule has 5 nitrogen and oxygen atoms in total. The lowest BCUT2D eigenvalue weighted by Crippen LogP contribution is -2.52. The van der Waals surface area contributed by atoms with Gasteiger partial charge in [0.25, 0.3) is 0 Å². The summed E-state index contributed by atoms with van der Waals surface area (Å²) in [5.74, 6) is 0.582. The number of benzene rings is 2. The van der Waals surface area contributed by atoms with E-state index in [9.17, 15) is 4.79 Å². The first kappa shape index (κ1) is 17.4. The van der Waals surface area contributed by atoms with Crippen molar-refractivity contribution in [1.82, 2.24) is 4.98 Å². The molecule has 3 aromatic rings. The van der Waals surface area contributed by atoms with Gasteiger partial charge in [0.2, 0.25) is 5.91 Å². The summed E-state index contributed by atoms with van der Waals surface area (Å²) in [6.07, 6.45) is 0. The molecule has 26 heavy (non-hydrogen) atoms. The number of methoxy groups -OCH3 is 1.